The number of hydrogen-bond donors (Lipinski definition) is 0. The van der Waals surface area contributed by atoms with Crippen molar-refractivity contribution in [3.63, 3.8) is 0 Å². The highest BCUT2D eigenvalue weighted by Crippen LogP contribution is 2.43. The Balaban J connectivity index is 2.12. The van der Waals surface area contributed by atoms with Gasteiger partial charge in [0.1, 0.15) is 0 Å². The third-order valence-corrected chi connectivity index (χ3v) is 5.81. The van der Waals surface area contributed by atoms with E-state index in [0.717, 1.165) is 27.9 Å². The number of nitrogens with zero attached hydrogens (tertiary/aromatic N) is 2. The van der Waals surface area contributed by atoms with Crippen molar-refractivity contribution >= 4 is 16.7 Å². The van der Waals surface area contributed by atoms with Gasteiger partial charge in [0.2, 0.25) is 0 Å². The maximum atomic E-state index is 13.0. The number of aryl methyl sites for hydroxylation is 3. The van der Waals surface area contributed by atoms with Crippen LogP contribution in [-0.4, -0.2) is 15.3 Å². The van der Waals surface area contributed by atoms with E-state index in [9.17, 15) is 4.79 Å². The maximum Gasteiger partial charge on any atom is 0.165 e. The molecule has 3 aromatic rings. The van der Waals surface area contributed by atoms with Crippen LogP contribution in [0.4, 0.5) is 0 Å². The van der Waals surface area contributed by atoms with E-state index in [0.29, 0.717) is 12.5 Å². The number of fused-ring (bicyclic) bond motifs is 1. The van der Waals surface area contributed by atoms with Gasteiger partial charge in [0.05, 0.1) is 17.0 Å². The van der Waals surface area contributed by atoms with Crippen molar-refractivity contribution in [2.24, 2.45) is 0 Å². The quantitative estimate of drug-likeness (QED) is 0.547. The minimum atomic E-state index is 0.203. The third kappa shape index (κ3) is 2.57. The number of aromatic nitrogens is 2. The molecular weight excluding hydrogens is 320 g/mol. The molecule has 1 aliphatic rings. The summed E-state index contributed by atoms with van der Waals surface area (Å²) < 4.78 is 2.41. The molecule has 0 saturated heterocycles. The van der Waals surface area contributed by atoms with Crippen LogP contribution in [0.5, 0.6) is 0 Å². The predicted molar refractivity (Wildman–Crippen MR) is 107 cm³/mol. The Hall–Kier alpha value is -2.42. The van der Waals surface area contributed by atoms with Crippen LogP contribution in [-0.2, 0) is 0 Å². The van der Waals surface area contributed by atoms with E-state index in [4.69, 9.17) is 4.98 Å². The van der Waals surface area contributed by atoms with Crippen LogP contribution in [0.1, 0.15) is 65.7 Å². The van der Waals surface area contributed by atoms with Gasteiger partial charge in [0.15, 0.2) is 5.78 Å². The summed E-state index contributed by atoms with van der Waals surface area (Å²) in [7, 11) is 0. The Labute approximate surface area is 155 Å². The second-order valence-corrected chi connectivity index (χ2v) is 7.63. The van der Waals surface area contributed by atoms with E-state index in [1.165, 1.54) is 35.9 Å². The minimum Gasteiger partial charge on any atom is -0.335 e. The Morgan fingerprint density at radius 3 is 2.46 bits per heavy atom. The van der Waals surface area contributed by atoms with Gasteiger partial charge < -0.3 is 4.57 Å². The summed E-state index contributed by atoms with van der Waals surface area (Å²) in [5.41, 5.74) is 7.61. The predicted octanol–water partition coefficient (Wildman–Crippen LogP) is 5.95. The van der Waals surface area contributed by atoms with Gasteiger partial charge in [0, 0.05) is 29.6 Å². The molecule has 1 aliphatic carbocycles. The van der Waals surface area contributed by atoms with E-state index < -0.39 is 0 Å². The summed E-state index contributed by atoms with van der Waals surface area (Å²) in [6.45, 7) is 8.27. The number of rotatable bonds is 4. The molecule has 3 heteroatoms. The average Bonchev–Trinajstić information content (AvgIpc) is 2.88. The molecule has 1 saturated carbocycles. The molecule has 1 aromatic carbocycles. The number of Topliss-reactive ketones (excluding diaryl/α,β-unsaturated/α-hetero) is 1. The van der Waals surface area contributed by atoms with Gasteiger partial charge in [-0.3, -0.25) is 9.78 Å². The summed E-state index contributed by atoms with van der Waals surface area (Å²) in [6, 6.07) is 9.07. The zero-order chi connectivity index (χ0) is 18.4. The van der Waals surface area contributed by atoms with Gasteiger partial charge in [-0.25, -0.2) is 0 Å². The van der Waals surface area contributed by atoms with Crippen molar-refractivity contribution in [2.75, 3.05) is 0 Å². The molecule has 1 fully saturated rings. The molecule has 134 valence electrons. The lowest BCUT2D eigenvalue weighted by Crippen LogP contribution is -2.18. The molecule has 0 amide bonds. The first-order chi connectivity index (χ1) is 12.5. The molecule has 0 unspecified atom stereocenters. The first-order valence-corrected chi connectivity index (χ1v) is 9.62. The highest BCUT2D eigenvalue weighted by Gasteiger charge is 2.30. The molecule has 0 aliphatic heterocycles. The molecule has 2 aromatic heterocycles. The topological polar surface area (TPSA) is 34.9 Å². The summed E-state index contributed by atoms with van der Waals surface area (Å²) in [5.74, 6) is 0.203. The SMILES string of the molecule is CCC(=O)c1c(-c2ccc(C)cn2)n(C2CCC2)c2cc(C)c(C)cc12. The summed E-state index contributed by atoms with van der Waals surface area (Å²) >= 11 is 0. The standard InChI is InChI=1S/C23H26N2O/c1-5-21(26)22-18-11-15(3)16(4)12-20(18)25(17-7-6-8-17)23(22)19-10-9-14(2)13-24-19/h9-13,17H,5-8H2,1-4H3. The van der Waals surface area contributed by atoms with Crippen molar-refractivity contribution in [1.29, 1.82) is 0 Å². The average molecular weight is 346 g/mol. The van der Waals surface area contributed by atoms with Crippen molar-refractivity contribution in [1.82, 2.24) is 9.55 Å². The van der Waals surface area contributed by atoms with Crippen LogP contribution in [0.3, 0.4) is 0 Å². The molecule has 0 radical (unpaired) electrons. The van der Waals surface area contributed by atoms with Crippen LogP contribution >= 0.6 is 0 Å². The zero-order valence-corrected chi connectivity index (χ0v) is 16.1. The molecule has 0 atom stereocenters. The molecule has 4 rings (SSSR count). The second kappa shape index (κ2) is 6.39. The Kier molecular flexibility index (Phi) is 4.18. The molecule has 0 spiro atoms. The maximum absolute atomic E-state index is 13.0. The molecular formula is C23H26N2O. The van der Waals surface area contributed by atoms with Crippen LogP contribution in [0.2, 0.25) is 0 Å². The van der Waals surface area contributed by atoms with Crippen LogP contribution in [0.15, 0.2) is 30.5 Å². The fourth-order valence-corrected chi connectivity index (χ4v) is 3.91. The Morgan fingerprint density at radius 2 is 1.88 bits per heavy atom. The lowest BCUT2D eigenvalue weighted by Gasteiger charge is -2.30. The molecule has 3 nitrogen and oxygen atoms in total. The second-order valence-electron chi connectivity index (χ2n) is 7.63. The van der Waals surface area contributed by atoms with Gasteiger partial charge in [0.25, 0.3) is 0 Å². The van der Waals surface area contributed by atoms with Crippen LogP contribution in [0.25, 0.3) is 22.3 Å². The number of ketones is 1. The van der Waals surface area contributed by atoms with Crippen molar-refractivity contribution < 1.29 is 4.79 Å². The first-order valence-electron chi connectivity index (χ1n) is 9.62. The summed E-state index contributed by atoms with van der Waals surface area (Å²) in [4.78, 5) is 17.7. The zero-order valence-electron chi connectivity index (χ0n) is 16.1. The fraction of sp³-hybridized carbons (Fsp3) is 0.391. The van der Waals surface area contributed by atoms with Crippen LogP contribution < -0.4 is 0 Å². The van der Waals surface area contributed by atoms with Crippen molar-refractivity contribution in [2.45, 2.75) is 59.4 Å². The number of carbonyl (C=O) groups is 1. The van der Waals surface area contributed by atoms with E-state index in [1.54, 1.807) is 0 Å². The van der Waals surface area contributed by atoms with Crippen molar-refractivity contribution in [3.8, 4) is 11.4 Å². The number of benzene rings is 1. The molecule has 0 bridgehead atoms. The number of pyridine rings is 1. The van der Waals surface area contributed by atoms with Gasteiger partial charge in [-0.15, -0.1) is 0 Å². The molecule has 26 heavy (non-hydrogen) atoms. The summed E-state index contributed by atoms with van der Waals surface area (Å²) in [5, 5.41) is 1.09. The highest BCUT2D eigenvalue weighted by molar-refractivity contribution is 6.13. The first kappa shape index (κ1) is 17.0. The highest BCUT2D eigenvalue weighted by atomic mass is 16.1. The summed E-state index contributed by atoms with van der Waals surface area (Å²) in [6.07, 6.45) is 6.02. The van der Waals surface area contributed by atoms with Gasteiger partial charge in [-0.05, 0) is 74.9 Å². The Bertz CT molecular complexity index is 991. The van der Waals surface area contributed by atoms with E-state index >= 15 is 0 Å². The van der Waals surface area contributed by atoms with Gasteiger partial charge in [-0.2, -0.15) is 0 Å². The smallest absolute Gasteiger partial charge is 0.165 e. The fourth-order valence-electron chi connectivity index (χ4n) is 3.91. The lowest BCUT2D eigenvalue weighted by molar-refractivity contribution is 0.0990. The monoisotopic (exact) mass is 346 g/mol. The van der Waals surface area contributed by atoms with E-state index in [2.05, 4.69) is 42.7 Å². The number of carbonyl (C=O) groups excluding carboxylic acids is 1. The van der Waals surface area contributed by atoms with Crippen LogP contribution in [0, 0.1) is 20.8 Å². The van der Waals surface area contributed by atoms with E-state index in [-0.39, 0.29) is 5.78 Å². The largest absolute Gasteiger partial charge is 0.335 e. The van der Waals surface area contributed by atoms with Crippen molar-refractivity contribution in [3.05, 3.63) is 52.7 Å². The minimum absolute atomic E-state index is 0.203. The Morgan fingerprint density at radius 1 is 1.15 bits per heavy atom. The third-order valence-electron chi connectivity index (χ3n) is 5.81. The lowest BCUT2D eigenvalue weighted by atomic mass is 9.92. The normalized spacial score (nSPS) is 14.6. The molecule has 2 heterocycles. The number of hydrogen-bond acceptors (Lipinski definition) is 2. The van der Waals surface area contributed by atoms with E-state index in [1.807, 2.05) is 20.0 Å². The molecule has 0 N–H and O–H groups in total. The van der Waals surface area contributed by atoms with Gasteiger partial charge >= 0.3 is 0 Å². The van der Waals surface area contributed by atoms with Gasteiger partial charge in [-0.1, -0.05) is 13.0 Å².